The molecule has 0 aliphatic heterocycles. The maximum atomic E-state index is 14.6. The summed E-state index contributed by atoms with van der Waals surface area (Å²) in [5, 5.41) is 53.5. The number of aliphatic hydroxyl groups excluding tert-OH is 2. The maximum Gasteiger partial charge on any atom is 0.345 e. The number of nitrogens with zero attached hydrogens (tertiary/aromatic N) is 4. The number of benzene rings is 3. The number of aromatic nitrogens is 3. The first-order valence-corrected chi connectivity index (χ1v) is 37.6. The predicted molar refractivity (Wildman–Crippen MR) is 403 cm³/mol. The van der Waals surface area contributed by atoms with Crippen molar-refractivity contribution in [3.8, 4) is 0 Å². The molecule has 1 aliphatic carbocycles. The molecule has 107 heavy (non-hydrogen) atoms. The lowest BCUT2D eigenvalue weighted by Crippen LogP contribution is -2.61. The van der Waals surface area contributed by atoms with Crippen LogP contribution in [0, 0.1) is 0 Å². The Labute approximate surface area is 630 Å². The number of nitrogens with one attached hydrogen (secondary N) is 11. The third kappa shape index (κ3) is 27.7. The lowest BCUT2D eigenvalue weighted by atomic mass is 9.84. The molecule has 5 aromatic rings. The number of carbonyl (C=O) groups is 13. The van der Waals surface area contributed by atoms with Gasteiger partial charge in [-0.15, -0.1) is 0 Å². The van der Waals surface area contributed by atoms with Crippen LogP contribution in [-0.2, 0) is 59.2 Å². The summed E-state index contributed by atoms with van der Waals surface area (Å²) in [6.07, 6.45) is 3.75. The van der Waals surface area contributed by atoms with Crippen LogP contribution in [0.4, 0.5) is 4.79 Å². The molecule has 8 atom stereocenters. The molecule has 0 bridgehead atoms. The van der Waals surface area contributed by atoms with E-state index in [1.54, 1.807) is 85.9 Å². The van der Waals surface area contributed by atoms with E-state index in [0.717, 1.165) is 11.3 Å². The molecule has 0 radical (unpaired) electrons. The highest BCUT2D eigenvalue weighted by molar-refractivity contribution is 8.77. The van der Waals surface area contributed by atoms with Crippen LogP contribution in [0.5, 0.6) is 0 Å². The van der Waals surface area contributed by atoms with Crippen molar-refractivity contribution in [3.05, 3.63) is 120 Å². The molecule has 0 unspecified atom stereocenters. The van der Waals surface area contributed by atoms with Crippen molar-refractivity contribution < 1.29 is 72.5 Å². The van der Waals surface area contributed by atoms with Crippen molar-refractivity contribution in [3.63, 3.8) is 0 Å². The number of primary amides is 1. The minimum Gasteiger partial charge on any atom is -0.393 e. The number of hydrogen-bond acceptors (Lipinski definition) is 23. The van der Waals surface area contributed by atoms with E-state index < -0.39 is 144 Å². The predicted octanol–water partition coefficient (Wildman–Crippen LogP) is -1.99. The summed E-state index contributed by atoms with van der Waals surface area (Å²) in [4.78, 5) is 181. The zero-order chi connectivity index (χ0) is 78.2. The minimum absolute atomic E-state index is 0.0319. The molecule has 1 aliphatic rings. The Morgan fingerprint density at radius 1 is 0.626 bits per heavy atom. The quantitative estimate of drug-likeness (QED) is 0.0188. The highest BCUT2D eigenvalue weighted by Crippen LogP contribution is 2.50. The summed E-state index contributed by atoms with van der Waals surface area (Å²) >= 11 is 1.37. The third-order valence-electron chi connectivity index (χ3n) is 16.5. The van der Waals surface area contributed by atoms with Crippen molar-refractivity contribution in [1.82, 2.24) is 78.1 Å². The van der Waals surface area contributed by atoms with E-state index in [2.05, 4.69) is 63.5 Å². The molecule has 13 amide bonds. The molecule has 2 heterocycles. The Morgan fingerprint density at radius 3 is 1.79 bits per heavy atom. The average Bonchev–Trinajstić information content (AvgIpc) is 1.66. The molecule has 0 saturated heterocycles. The van der Waals surface area contributed by atoms with Crippen molar-refractivity contribution >= 4 is 133 Å². The molecular formula is C70H95N19O15S3. The molecule has 34 nitrogen and oxygen atoms in total. The van der Waals surface area contributed by atoms with E-state index in [9.17, 15) is 72.5 Å². The summed E-state index contributed by atoms with van der Waals surface area (Å²) in [5.41, 5.74) is 25.3. The standard InChI is InChI=1S/C70H95N19O15S3/c1-41(90)33-57(93)77-32-25-52(64(99)79-38-59(95)83-53(34-43-13-6-5-7-14-43)65(100)80-37-58(94)81-49(22-28-71)63(98)78-36-56(74)92)84-66(101)51(24-30-73)85-68(103)61(42(2)91)86-67(102)50(23-29-72)82-60(96)39-105-107-70(26-12-27-70)40-88(4)69(104)89-54-35-45(106-55-17-9-8-16-47(55)62(97)75-3)19-20-46(54)48(87-89)21-18-44-15-10-11-31-76-44/h5-11,13-21,31,35,41-42,49-53,61,90-91H,12,22-30,32-34,36-40,71-73H2,1-4H3,(H2,74,92)(H,75,97)(H,77,93)(H,78,98)(H,79,99)(H,80,100)(H,81,94)(H,82,96)(H,83,95)(H,84,101)(H,85,103)(H,86,102)/b21-18+/t41-,42-,49+,50+,51+,52+,53-,61+/m1/s1. The Bertz CT molecular complexity index is 3940. The SMILES string of the molecule is CNC(=O)c1ccccc1Sc1ccc2c(/C=C/c3ccccn3)nn(C(=O)N(C)CC3(SSCC(=O)N[C@@H](CCN)C(=O)N[C@H](C(=O)N[C@@H](CCN)C(=O)N[C@@H](CCNC(=O)C[C@@H](C)O)C(=O)NCC(=O)N[C@H](Cc4ccccc4)C(=O)NCC(=O)N[C@@H](CCN)C(=O)NCC(N)=O)[C@@H](C)O)CCC3)c2c1. The van der Waals surface area contributed by atoms with Crippen LogP contribution in [0.15, 0.2) is 107 Å². The molecule has 21 N–H and O–H groups in total. The molecule has 6 rings (SSSR count). The molecular weight excluding hydrogens is 1440 g/mol. The van der Waals surface area contributed by atoms with Gasteiger partial charge in [0.1, 0.15) is 36.3 Å². The first-order chi connectivity index (χ1) is 51.2. The van der Waals surface area contributed by atoms with Gasteiger partial charge in [0.05, 0.1) is 66.5 Å². The normalized spacial score (nSPS) is 14.5. The van der Waals surface area contributed by atoms with Crippen molar-refractivity contribution in [2.24, 2.45) is 22.9 Å². The first-order valence-electron chi connectivity index (χ1n) is 34.5. The zero-order valence-electron chi connectivity index (χ0n) is 59.8. The second kappa shape index (κ2) is 43.6. The number of hydrogen-bond donors (Lipinski definition) is 17. The number of nitrogens with two attached hydrogens (primary N) is 4. The van der Waals surface area contributed by atoms with E-state index in [-0.39, 0.29) is 82.9 Å². The van der Waals surface area contributed by atoms with Crippen LogP contribution in [-0.4, -0.2) is 232 Å². The van der Waals surface area contributed by atoms with Crippen molar-refractivity contribution in [1.29, 1.82) is 0 Å². The van der Waals surface area contributed by atoms with Gasteiger partial charge in [-0.1, -0.05) is 88.3 Å². The Balaban J connectivity index is 1.07. The van der Waals surface area contributed by atoms with Crippen LogP contribution in [0.1, 0.15) is 92.5 Å². The van der Waals surface area contributed by atoms with Crippen molar-refractivity contribution in [2.45, 2.75) is 135 Å². The van der Waals surface area contributed by atoms with E-state index in [1.165, 1.54) is 51.9 Å². The number of fused-ring (bicyclic) bond motifs is 1. The molecule has 578 valence electrons. The Morgan fingerprint density at radius 2 is 1.20 bits per heavy atom. The molecule has 37 heteroatoms. The van der Waals surface area contributed by atoms with Crippen LogP contribution in [0.25, 0.3) is 23.1 Å². The van der Waals surface area contributed by atoms with Gasteiger partial charge in [-0.25, -0.2) is 4.79 Å². The zero-order valence-corrected chi connectivity index (χ0v) is 62.2. The van der Waals surface area contributed by atoms with Gasteiger partial charge in [0.2, 0.25) is 65.0 Å². The summed E-state index contributed by atoms with van der Waals surface area (Å²) in [6.45, 7) is 0.245. The minimum atomic E-state index is -1.75. The number of rotatable bonds is 43. The molecule has 2 aromatic heterocycles. The Hall–Kier alpha value is -10.0. The fourth-order valence-electron chi connectivity index (χ4n) is 10.9. The maximum absolute atomic E-state index is 14.6. The number of pyridine rings is 1. The monoisotopic (exact) mass is 1540 g/mol. The van der Waals surface area contributed by atoms with Crippen LogP contribution >= 0.6 is 33.3 Å². The molecule has 1 saturated carbocycles. The van der Waals surface area contributed by atoms with Gasteiger partial charge < -0.3 is 96.5 Å². The number of aliphatic hydroxyl groups is 2. The fourth-order valence-corrected chi connectivity index (χ4v) is 15.0. The smallest absolute Gasteiger partial charge is 0.345 e. The van der Waals surface area contributed by atoms with E-state index in [0.29, 0.717) is 51.2 Å². The highest BCUT2D eigenvalue weighted by Gasteiger charge is 2.41. The van der Waals surface area contributed by atoms with Gasteiger partial charge in [0, 0.05) is 59.7 Å². The summed E-state index contributed by atoms with van der Waals surface area (Å²) < 4.78 is 0.880. The van der Waals surface area contributed by atoms with Crippen LogP contribution in [0.2, 0.25) is 0 Å². The second-order valence-corrected chi connectivity index (χ2v) is 29.1. The average molecular weight is 1540 g/mol. The molecule has 1 fully saturated rings. The largest absolute Gasteiger partial charge is 0.393 e. The first kappa shape index (κ1) is 85.9. The van der Waals surface area contributed by atoms with Gasteiger partial charge >= 0.3 is 6.03 Å². The molecule has 3 aromatic carbocycles. The fraction of sp³-hybridized carbons (Fsp3) is 0.443. The Kier molecular flexibility index (Phi) is 35.0. The van der Waals surface area contributed by atoms with Gasteiger partial charge in [0.15, 0.2) is 0 Å². The van der Waals surface area contributed by atoms with Crippen LogP contribution < -0.4 is 81.4 Å². The van der Waals surface area contributed by atoms with Gasteiger partial charge in [-0.3, -0.25) is 62.5 Å². The van der Waals surface area contributed by atoms with Crippen molar-refractivity contribution in [2.75, 3.05) is 72.2 Å². The van der Waals surface area contributed by atoms with Crippen LogP contribution in [0.3, 0.4) is 0 Å². The topological polar surface area (TPSA) is 533 Å². The third-order valence-corrected chi connectivity index (χ3v) is 20.8. The highest BCUT2D eigenvalue weighted by atomic mass is 33.1. The van der Waals surface area contributed by atoms with E-state index in [4.69, 9.17) is 28.0 Å². The van der Waals surface area contributed by atoms with E-state index in [1.807, 2.05) is 42.5 Å². The second-order valence-electron chi connectivity index (χ2n) is 25.2. The van der Waals surface area contributed by atoms with Gasteiger partial charge in [-0.05, 0) is 132 Å². The van der Waals surface area contributed by atoms with E-state index >= 15 is 0 Å². The lowest BCUT2D eigenvalue weighted by Gasteiger charge is -2.43. The summed E-state index contributed by atoms with van der Waals surface area (Å²) in [5.74, 6) is -9.74. The van der Waals surface area contributed by atoms with Gasteiger partial charge in [0.25, 0.3) is 5.91 Å². The molecule has 0 spiro atoms. The summed E-state index contributed by atoms with van der Waals surface area (Å²) in [6, 6.07) is 17.6. The number of carbonyl (C=O) groups excluding carboxylic acids is 13. The summed E-state index contributed by atoms with van der Waals surface area (Å²) in [7, 11) is 5.89. The van der Waals surface area contributed by atoms with Gasteiger partial charge in [-0.2, -0.15) is 9.78 Å². The lowest BCUT2D eigenvalue weighted by molar-refractivity contribution is -0.136. The number of amides is 13.